The first-order valence-corrected chi connectivity index (χ1v) is 7.28. The van der Waals surface area contributed by atoms with Gasteiger partial charge in [0, 0.05) is 30.3 Å². The summed E-state index contributed by atoms with van der Waals surface area (Å²) >= 11 is 0. The number of carbonyl (C=O) groups excluding carboxylic acids is 1. The fourth-order valence-electron chi connectivity index (χ4n) is 2.62. The summed E-state index contributed by atoms with van der Waals surface area (Å²) < 4.78 is 18.0. The highest BCUT2D eigenvalue weighted by molar-refractivity contribution is 5.97. The van der Waals surface area contributed by atoms with Crippen LogP contribution in [-0.2, 0) is 6.42 Å². The van der Waals surface area contributed by atoms with Crippen LogP contribution in [0.25, 0.3) is 0 Å². The van der Waals surface area contributed by atoms with Gasteiger partial charge in [-0.25, -0.2) is 4.39 Å². The van der Waals surface area contributed by atoms with Crippen molar-refractivity contribution in [1.82, 2.24) is 4.90 Å². The van der Waals surface area contributed by atoms with Gasteiger partial charge in [0.15, 0.2) is 0 Å². The van der Waals surface area contributed by atoms with Crippen LogP contribution in [0.3, 0.4) is 0 Å². The van der Waals surface area contributed by atoms with Crippen LogP contribution in [0, 0.1) is 0 Å². The summed E-state index contributed by atoms with van der Waals surface area (Å²) in [6.45, 7) is 1.04. The van der Waals surface area contributed by atoms with Gasteiger partial charge >= 0.3 is 0 Å². The topological polar surface area (TPSA) is 55.6 Å². The molecule has 0 atom stereocenters. The number of nitrogens with two attached hydrogens (primary N) is 1. The van der Waals surface area contributed by atoms with Gasteiger partial charge in [0.05, 0.1) is 6.33 Å². The quantitative estimate of drug-likeness (QED) is 0.904. The van der Waals surface area contributed by atoms with Gasteiger partial charge in [0.2, 0.25) is 0 Å². The van der Waals surface area contributed by atoms with Gasteiger partial charge in [-0.05, 0) is 43.0 Å². The molecule has 1 fully saturated rings. The molecule has 0 saturated heterocycles. The molecule has 1 heterocycles. The van der Waals surface area contributed by atoms with E-state index in [0.29, 0.717) is 23.7 Å². The molecule has 1 aliphatic carbocycles. The molecule has 4 nitrogen and oxygen atoms in total. The number of ether oxygens (including phenoxy) is 1. The predicted molar refractivity (Wildman–Crippen MR) is 85.2 cm³/mol. The van der Waals surface area contributed by atoms with Crippen LogP contribution in [0.15, 0.2) is 30.1 Å². The lowest BCUT2D eigenvalue weighted by Gasteiger charge is -2.28. The Kier molecular flexibility index (Phi) is 5.42. The number of amides is 1. The van der Waals surface area contributed by atoms with Crippen LogP contribution in [-0.4, -0.2) is 36.5 Å². The summed E-state index contributed by atoms with van der Waals surface area (Å²) in [5, 5.41) is 0. The van der Waals surface area contributed by atoms with E-state index < -0.39 is 0 Å². The minimum absolute atomic E-state index is 0. The van der Waals surface area contributed by atoms with Crippen molar-refractivity contribution in [3.8, 4) is 5.75 Å². The van der Waals surface area contributed by atoms with Crippen molar-refractivity contribution >= 4 is 18.3 Å². The molecule has 2 N–H and O–H groups in total. The average Bonchev–Trinajstić information content (AvgIpc) is 3.33. The van der Waals surface area contributed by atoms with Crippen LogP contribution in [0.2, 0.25) is 0 Å². The van der Waals surface area contributed by atoms with Crippen molar-refractivity contribution < 1.29 is 13.9 Å². The molecule has 1 amide bonds. The van der Waals surface area contributed by atoms with Crippen molar-refractivity contribution in [3.05, 3.63) is 41.2 Å². The van der Waals surface area contributed by atoms with Gasteiger partial charge < -0.3 is 15.4 Å². The molecule has 0 aromatic heterocycles. The Morgan fingerprint density at radius 1 is 1.45 bits per heavy atom. The van der Waals surface area contributed by atoms with E-state index in [1.165, 1.54) is 0 Å². The number of nitrogens with zero attached hydrogens (tertiary/aromatic N) is 1. The van der Waals surface area contributed by atoms with Gasteiger partial charge in [0.25, 0.3) is 5.91 Å². The number of halogens is 2. The third-order valence-electron chi connectivity index (χ3n) is 4.02. The second kappa shape index (κ2) is 7.11. The first-order chi connectivity index (χ1) is 10.2. The van der Waals surface area contributed by atoms with Crippen LogP contribution in [0.1, 0.15) is 28.8 Å². The van der Waals surface area contributed by atoms with E-state index in [9.17, 15) is 9.18 Å². The lowest BCUT2D eigenvalue weighted by atomic mass is 9.98. The van der Waals surface area contributed by atoms with Crippen molar-refractivity contribution in [2.45, 2.75) is 25.3 Å². The number of benzene rings is 1. The van der Waals surface area contributed by atoms with Crippen molar-refractivity contribution in [1.29, 1.82) is 0 Å². The standard InChI is InChI=1S/C16H19FN2O2.ClH/c17-8-11(9-18)10-21-14-3-4-15-12(7-14)5-6-19(16(15)20)13-1-2-13;/h3-4,7-8,13H,1-2,5-6,9-10,18H2;1H/b11-8+;. The van der Waals surface area contributed by atoms with E-state index in [1.807, 2.05) is 17.0 Å². The summed E-state index contributed by atoms with van der Waals surface area (Å²) in [5.41, 5.74) is 7.57. The lowest BCUT2D eigenvalue weighted by molar-refractivity contribution is 0.0727. The summed E-state index contributed by atoms with van der Waals surface area (Å²) in [5.74, 6) is 0.769. The van der Waals surface area contributed by atoms with E-state index in [4.69, 9.17) is 10.5 Å². The molecule has 0 radical (unpaired) electrons. The smallest absolute Gasteiger partial charge is 0.254 e. The normalized spacial score (nSPS) is 17.8. The molecule has 1 aliphatic heterocycles. The maximum absolute atomic E-state index is 12.4. The zero-order chi connectivity index (χ0) is 14.8. The highest BCUT2D eigenvalue weighted by Gasteiger charge is 2.35. The van der Waals surface area contributed by atoms with Crippen molar-refractivity contribution in [3.63, 3.8) is 0 Å². The Hall–Kier alpha value is -1.59. The SMILES string of the molecule is Cl.NC/C(=C\F)COc1ccc2c(c1)CCN(C1CC1)C2=O. The Morgan fingerprint density at radius 3 is 2.86 bits per heavy atom. The minimum atomic E-state index is 0. The zero-order valence-electron chi connectivity index (χ0n) is 12.3. The van der Waals surface area contributed by atoms with E-state index in [0.717, 1.165) is 36.9 Å². The van der Waals surface area contributed by atoms with Gasteiger partial charge in [-0.2, -0.15) is 0 Å². The first kappa shape index (κ1) is 16.8. The molecule has 1 aromatic rings. The summed E-state index contributed by atoms with van der Waals surface area (Å²) in [7, 11) is 0. The fourth-order valence-corrected chi connectivity index (χ4v) is 2.62. The molecular weight excluding hydrogens is 307 g/mol. The third kappa shape index (κ3) is 3.42. The number of carbonyl (C=O) groups is 1. The summed E-state index contributed by atoms with van der Waals surface area (Å²) in [6, 6.07) is 5.90. The Balaban J connectivity index is 0.00000176. The van der Waals surface area contributed by atoms with Gasteiger partial charge in [-0.15, -0.1) is 12.4 Å². The molecule has 22 heavy (non-hydrogen) atoms. The fraction of sp³-hybridized carbons (Fsp3) is 0.438. The van der Waals surface area contributed by atoms with Crippen molar-refractivity contribution in [2.24, 2.45) is 5.73 Å². The Labute approximate surface area is 135 Å². The molecule has 6 heteroatoms. The monoisotopic (exact) mass is 326 g/mol. The number of hydrogen-bond donors (Lipinski definition) is 1. The highest BCUT2D eigenvalue weighted by Crippen LogP contribution is 2.32. The van der Waals surface area contributed by atoms with Crippen molar-refractivity contribution in [2.75, 3.05) is 19.7 Å². The number of hydrogen-bond acceptors (Lipinski definition) is 3. The molecule has 0 spiro atoms. The maximum atomic E-state index is 12.4. The highest BCUT2D eigenvalue weighted by atomic mass is 35.5. The molecule has 2 aliphatic rings. The van der Waals surface area contributed by atoms with E-state index in [-0.39, 0.29) is 31.5 Å². The zero-order valence-corrected chi connectivity index (χ0v) is 13.1. The minimum Gasteiger partial charge on any atom is -0.489 e. The Bertz CT molecular complexity index is 588. The average molecular weight is 327 g/mol. The maximum Gasteiger partial charge on any atom is 0.254 e. The van der Waals surface area contributed by atoms with E-state index >= 15 is 0 Å². The van der Waals surface area contributed by atoms with Gasteiger partial charge in [-0.3, -0.25) is 4.79 Å². The second-order valence-corrected chi connectivity index (χ2v) is 5.56. The van der Waals surface area contributed by atoms with Gasteiger partial charge in [-0.1, -0.05) is 0 Å². The van der Waals surface area contributed by atoms with E-state index in [2.05, 4.69) is 0 Å². The summed E-state index contributed by atoms with van der Waals surface area (Å²) in [6.07, 6.45) is 3.58. The molecule has 1 saturated carbocycles. The van der Waals surface area contributed by atoms with Crippen LogP contribution in [0.4, 0.5) is 4.39 Å². The molecule has 0 bridgehead atoms. The van der Waals surface area contributed by atoms with Crippen LogP contribution < -0.4 is 10.5 Å². The van der Waals surface area contributed by atoms with Crippen LogP contribution in [0.5, 0.6) is 5.75 Å². The molecular formula is C16H20ClFN2O2. The van der Waals surface area contributed by atoms with Gasteiger partial charge in [0.1, 0.15) is 12.4 Å². The largest absolute Gasteiger partial charge is 0.489 e. The third-order valence-corrected chi connectivity index (χ3v) is 4.02. The number of fused-ring (bicyclic) bond motifs is 1. The summed E-state index contributed by atoms with van der Waals surface area (Å²) in [4.78, 5) is 14.4. The molecule has 3 rings (SSSR count). The Morgan fingerprint density at radius 2 is 2.23 bits per heavy atom. The second-order valence-electron chi connectivity index (χ2n) is 5.56. The van der Waals surface area contributed by atoms with Crippen LogP contribution >= 0.6 is 12.4 Å². The van der Waals surface area contributed by atoms with E-state index in [1.54, 1.807) is 6.07 Å². The molecule has 120 valence electrons. The first-order valence-electron chi connectivity index (χ1n) is 7.28. The predicted octanol–water partition coefficient (Wildman–Crippen LogP) is 2.46. The lowest BCUT2D eigenvalue weighted by Crippen LogP contribution is -2.39. The molecule has 1 aromatic carbocycles. The number of rotatable bonds is 5. The molecule has 0 unspecified atom stereocenters.